The first kappa shape index (κ1) is 24.1. The highest BCUT2D eigenvalue weighted by Gasteiger charge is 2.26. The van der Waals surface area contributed by atoms with E-state index >= 15 is 0 Å². The van der Waals surface area contributed by atoms with Gasteiger partial charge in [0.25, 0.3) is 0 Å². The summed E-state index contributed by atoms with van der Waals surface area (Å²) in [5.74, 6) is 0.886. The van der Waals surface area contributed by atoms with Crippen LogP contribution in [0.3, 0.4) is 0 Å². The zero-order valence-corrected chi connectivity index (χ0v) is 19.7. The highest BCUT2D eigenvalue weighted by Crippen LogP contribution is 2.26. The number of unbranched alkanes of at least 4 members (excludes halogenated alkanes) is 1. The van der Waals surface area contributed by atoms with E-state index in [9.17, 15) is 9.59 Å². The van der Waals surface area contributed by atoms with E-state index in [4.69, 9.17) is 0 Å². The van der Waals surface area contributed by atoms with Crippen LogP contribution in [0.1, 0.15) is 69.2 Å². The zero-order chi connectivity index (χ0) is 22.3. The average molecular weight is 433 g/mol. The smallest absolute Gasteiger partial charge is 0.237 e. The van der Waals surface area contributed by atoms with Crippen molar-refractivity contribution in [2.45, 2.75) is 70.0 Å². The number of anilines is 1. The molecule has 2 N–H and O–H groups in total. The van der Waals surface area contributed by atoms with Crippen LogP contribution < -0.4 is 10.2 Å². The van der Waals surface area contributed by atoms with E-state index < -0.39 is 0 Å². The summed E-state index contributed by atoms with van der Waals surface area (Å²) < 4.78 is 2.18. The Morgan fingerprint density at radius 1 is 1.17 bits per heavy atom. The molecule has 0 saturated carbocycles. The van der Waals surface area contributed by atoms with Gasteiger partial charge < -0.3 is 14.8 Å². The number of quaternary nitrogens is 1. The predicted octanol–water partition coefficient (Wildman–Crippen LogP) is 3.00. The fraction of sp³-hybridized carbons (Fsp3) is 0.545. The highest BCUT2D eigenvalue weighted by atomic mass is 32.2. The van der Waals surface area contributed by atoms with E-state index in [1.165, 1.54) is 23.6 Å². The van der Waals surface area contributed by atoms with Crippen molar-refractivity contribution in [2.24, 2.45) is 0 Å². The number of nitrogens with zero attached hydrogens (tertiary/aromatic N) is 3. The topological polar surface area (TPSA) is 81.3 Å². The number of carbonyl (C=O) groups is 2. The number of benzene rings is 1. The van der Waals surface area contributed by atoms with E-state index in [2.05, 4.69) is 48.0 Å². The van der Waals surface area contributed by atoms with Gasteiger partial charge in [-0.05, 0) is 44.5 Å². The van der Waals surface area contributed by atoms with Gasteiger partial charge in [-0.1, -0.05) is 32.0 Å². The maximum atomic E-state index is 12.7. The number of aromatic nitrogens is 3. The van der Waals surface area contributed by atoms with E-state index in [1.54, 1.807) is 24.3 Å². The quantitative estimate of drug-likeness (QED) is 0.421. The van der Waals surface area contributed by atoms with Crippen LogP contribution in [-0.2, 0) is 11.3 Å². The van der Waals surface area contributed by atoms with E-state index in [0.29, 0.717) is 11.3 Å². The molecular formula is C22H34N5O2S+. The van der Waals surface area contributed by atoms with Gasteiger partial charge in [0.2, 0.25) is 5.91 Å². The fourth-order valence-corrected chi connectivity index (χ4v) is 4.15. The summed E-state index contributed by atoms with van der Waals surface area (Å²) in [6.07, 6.45) is 3.10. The van der Waals surface area contributed by atoms with Gasteiger partial charge in [-0.2, -0.15) is 0 Å². The number of rotatable bonds is 11. The van der Waals surface area contributed by atoms with Crippen LogP contribution in [0.4, 0.5) is 5.69 Å². The Morgan fingerprint density at radius 3 is 2.37 bits per heavy atom. The van der Waals surface area contributed by atoms with Crippen LogP contribution in [0, 0.1) is 0 Å². The lowest BCUT2D eigenvalue weighted by Crippen LogP contribution is -3.06. The molecule has 164 valence electrons. The van der Waals surface area contributed by atoms with Gasteiger partial charge in [0.1, 0.15) is 6.04 Å². The molecule has 2 rings (SSSR count). The summed E-state index contributed by atoms with van der Waals surface area (Å²) in [6, 6.07) is 7.21. The van der Waals surface area contributed by atoms with Crippen LogP contribution in [0.15, 0.2) is 29.4 Å². The molecule has 0 radical (unpaired) electrons. The van der Waals surface area contributed by atoms with Crippen LogP contribution in [0.2, 0.25) is 0 Å². The number of ketones is 1. The van der Waals surface area contributed by atoms with Crippen molar-refractivity contribution in [3.63, 3.8) is 0 Å². The van der Waals surface area contributed by atoms with Crippen molar-refractivity contribution < 1.29 is 14.5 Å². The van der Waals surface area contributed by atoms with Gasteiger partial charge in [0, 0.05) is 24.2 Å². The van der Waals surface area contributed by atoms with Crippen molar-refractivity contribution in [3.8, 4) is 0 Å². The molecule has 0 fully saturated rings. The van der Waals surface area contributed by atoms with Crippen LogP contribution in [-0.4, -0.2) is 45.8 Å². The molecule has 0 aliphatic rings. The third-order valence-electron chi connectivity index (χ3n) is 5.11. The number of hydrogen-bond acceptors (Lipinski definition) is 5. The highest BCUT2D eigenvalue weighted by molar-refractivity contribution is 8.00. The minimum absolute atomic E-state index is 0.00367. The Labute approximate surface area is 183 Å². The Bertz CT molecular complexity index is 848. The molecule has 1 amide bonds. The fourth-order valence-electron chi connectivity index (χ4n) is 3.26. The maximum absolute atomic E-state index is 12.7. The third kappa shape index (κ3) is 6.15. The van der Waals surface area contributed by atoms with Gasteiger partial charge in [-0.15, -0.1) is 10.2 Å². The van der Waals surface area contributed by atoms with Crippen LogP contribution in [0.25, 0.3) is 0 Å². The molecule has 0 aliphatic heterocycles. The van der Waals surface area contributed by atoms with Gasteiger partial charge in [-0.3, -0.25) is 9.59 Å². The second-order valence-electron chi connectivity index (χ2n) is 7.77. The summed E-state index contributed by atoms with van der Waals surface area (Å²) >= 11 is 1.43. The summed E-state index contributed by atoms with van der Waals surface area (Å²) in [7, 11) is 4.26. The maximum Gasteiger partial charge on any atom is 0.237 e. The van der Waals surface area contributed by atoms with Gasteiger partial charge in [-0.25, -0.2) is 0 Å². The molecule has 30 heavy (non-hydrogen) atoms. The molecule has 7 nitrogen and oxygen atoms in total. The van der Waals surface area contributed by atoms with Crippen molar-refractivity contribution in [3.05, 3.63) is 35.7 Å². The van der Waals surface area contributed by atoms with E-state index in [-0.39, 0.29) is 23.0 Å². The lowest BCUT2D eigenvalue weighted by molar-refractivity contribution is -0.893. The zero-order valence-electron chi connectivity index (χ0n) is 18.9. The van der Waals surface area contributed by atoms with E-state index in [1.807, 2.05) is 6.92 Å². The first-order valence-electron chi connectivity index (χ1n) is 10.6. The summed E-state index contributed by atoms with van der Waals surface area (Å²) in [5, 5.41) is 12.3. The van der Waals surface area contributed by atoms with Gasteiger partial charge in [0.05, 0.1) is 19.3 Å². The van der Waals surface area contributed by atoms with Crippen LogP contribution in [0.5, 0.6) is 0 Å². The molecule has 8 heteroatoms. The SMILES string of the molecule is CCCCn1c(S[C@H](C)C(=O)Nc2ccc(C(C)=O)cc2)nnc1[C@H](CC)[NH+](C)C. The molecule has 1 aromatic heterocycles. The van der Waals surface area contributed by atoms with Crippen molar-refractivity contribution in [1.82, 2.24) is 14.8 Å². The monoisotopic (exact) mass is 432 g/mol. The van der Waals surface area contributed by atoms with Crippen molar-refractivity contribution in [1.29, 1.82) is 0 Å². The van der Waals surface area contributed by atoms with Crippen molar-refractivity contribution >= 4 is 29.1 Å². The van der Waals surface area contributed by atoms with Gasteiger partial charge in [0.15, 0.2) is 16.8 Å². The molecule has 0 bridgehead atoms. The Hall–Kier alpha value is -2.19. The summed E-state index contributed by atoms with van der Waals surface area (Å²) in [5.41, 5.74) is 1.30. The van der Waals surface area contributed by atoms with Gasteiger partial charge >= 0.3 is 0 Å². The average Bonchev–Trinajstić information content (AvgIpc) is 3.09. The number of Topliss-reactive ketones (excluding diaryl/α,β-unsaturated/α-hetero) is 1. The molecule has 0 saturated heterocycles. The van der Waals surface area contributed by atoms with Crippen LogP contribution >= 0.6 is 11.8 Å². The Kier molecular flexibility index (Phi) is 9.05. The lowest BCUT2D eigenvalue weighted by Gasteiger charge is -2.20. The van der Waals surface area contributed by atoms with Crippen molar-refractivity contribution in [2.75, 3.05) is 19.4 Å². The molecule has 0 unspecified atom stereocenters. The second-order valence-corrected chi connectivity index (χ2v) is 9.07. The number of carbonyl (C=O) groups excluding carboxylic acids is 2. The summed E-state index contributed by atoms with van der Waals surface area (Å²) in [4.78, 5) is 25.4. The van der Waals surface area contributed by atoms with E-state index in [0.717, 1.165) is 36.8 Å². The molecule has 2 aromatic rings. The molecular weight excluding hydrogens is 398 g/mol. The molecule has 0 aliphatic carbocycles. The minimum Gasteiger partial charge on any atom is -0.331 e. The first-order valence-corrected chi connectivity index (χ1v) is 11.5. The first-order chi connectivity index (χ1) is 14.3. The normalized spacial score (nSPS) is 13.3. The third-order valence-corrected chi connectivity index (χ3v) is 6.19. The molecule has 1 aromatic carbocycles. The number of hydrogen-bond donors (Lipinski definition) is 2. The molecule has 0 spiro atoms. The lowest BCUT2D eigenvalue weighted by atomic mass is 10.1. The number of amides is 1. The largest absolute Gasteiger partial charge is 0.331 e. The molecule has 2 atom stereocenters. The Morgan fingerprint density at radius 2 is 1.83 bits per heavy atom. The second kappa shape index (κ2) is 11.3. The minimum atomic E-state index is -0.332. The number of nitrogens with one attached hydrogen (secondary N) is 2. The standard InChI is InChI=1S/C22H33N5O2S/c1-7-9-14-27-20(19(8-2)26(5)6)24-25-22(27)30-16(4)21(29)23-18-12-10-17(11-13-18)15(3)28/h10-13,16,19H,7-9,14H2,1-6H3,(H,23,29)/p+1/t16-,19+/m1/s1. The molecule has 1 heterocycles. The number of thioether (sulfide) groups is 1. The Balaban J connectivity index is 2.14. The summed E-state index contributed by atoms with van der Waals surface area (Å²) in [6.45, 7) is 8.58. The predicted molar refractivity (Wildman–Crippen MR) is 121 cm³/mol.